The molecule has 1 fully saturated rings. The highest BCUT2D eigenvalue weighted by Crippen LogP contribution is 2.32. The molecule has 0 saturated carbocycles. The first-order valence-corrected chi connectivity index (χ1v) is 10.3. The van der Waals surface area contributed by atoms with Gasteiger partial charge in [0.05, 0.1) is 5.52 Å². The van der Waals surface area contributed by atoms with Crippen LogP contribution in [0.3, 0.4) is 0 Å². The monoisotopic (exact) mass is 344 g/mol. The third kappa shape index (κ3) is 2.92. The molecular formula is C24H28N2. The van der Waals surface area contributed by atoms with Gasteiger partial charge in [-0.3, -0.25) is 4.68 Å². The van der Waals surface area contributed by atoms with E-state index in [9.17, 15) is 0 Å². The Morgan fingerprint density at radius 3 is 2.42 bits per heavy atom. The molecule has 2 heteroatoms. The lowest BCUT2D eigenvalue weighted by Gasteiger charge is -2.39. The standard InChI is InChI=1S/C24H28N2/c1-2-9-22-18-19(17-21(22)8-1)12-13-23-10-5-6-15-25(23)26-16-14-20-7-3-4-11-24(20)26/h1-4,7-9,11,14,16,19,23H,5-6,10,12-13,15,17-18H2. The minimum Gasteiger partial charge on any atom is -0.310 e. The van der Waals surface area contributed by atoms with E-state index in [1.165, 1.54) is 62.4 Å². The van der Waals surface area contributed by atoms with Crippen LogP contribution in [0.15, 0.2) is 60.8 Å². The first kappa shape index (κ1) is 16.0. The molecule has 3 aromatic rings. The van der Waals surface area contributed by atoms with Crippen LogP contribution < -0.4 is 5.01 Å². The van der Waals surface area contributed by atoms with E-state index in [0.717, 1.165) is 5.92 Å². The molecule has 0 bridgehead atoms. The van der Waals surface area contributed by atoms with Gasteiger partial charge in [0.25, 0.3) is 0 Å². The topological polar surface area (TPSA) is 8.17 Å². The van der Waals surface area contributed by atoms with Crippen molar-refractivity contribution in [3.05, 3.63) is 71.9 Å². The zero-order chi connectivity index (χ0) is 17.3. The number of fused-ring (bicyclic) bond motifs is 2. The van der Waals surface area contributed by atoms with E-state index in [1.807, 2.05) is 0 Å². The molecule has 134 valence electrons. The van der Waals surface area contributed by atoms with Crippen molar-refractivity contribution >= 4 is 10.9 Å². The first-order chi connectivity index (χ1) is 12.9. The highest BCUT2D eigenvalue weighted by molar-refractivity contribution is 5.80. The van der Waals surface area contributed by atoms with E-state index >= 15 is 0 Å². The van der Waals surface area contributed by atoms with Crippen molar-refractivity contribution in [2.75, 3.05) is 11.6 Å². The number of para-hydroxylation sites is 1. The molecule has 1 aliphatic carbocycles. The molecule has 1 saturated heterocycles. The van der Waals surface area contributed by atoms with Gasteiger partial charge in [0.1, 0.15) is 0 Å². The molecule has 0 amide bonds. The van der Waals surface area contributed by atoms with Crippen LogP contribution in [0, 0.1) is 5.92 Å². The van der Waals surface area contributed by atoms with Crippen LogP contribution in [-0.2, 0) is 12.8 Å². The fraction of sp³-hybridized carbons (Fsp3) is 0.417. The maximum Gasteiger partial charge on any atom is 0.0694 e. The fourth-order valence-electron chi connectivity index (χ4n) is 5.14. The predicted molar refractivity (Wildman–Crippen MR) is 109 cm³/mol. The van der Waals surface area contributed by atoms with Gasteiger partial charge in [-0.15, -0.1) is 0 Å². The second-order valence-electron chi connectivity index (χ2n) is 8.15. The number of benzene rings is 2. The van der Waals surface area contributed by atoms with Gasteiger partial charge in [-0.25, -0.2) is 0 Å². The molecule has 5 rings (SSSR count). The van der Waals surface area contributed by atoms with Gasteiger partial charge >= 0.3 is 0 Å². The average molecular weight is 345 g/mol. The number of nitrogens with zero attached hydrogens (tertiary/aromatic N) is 2. The maximum absolute atomic E-state index is 2.65. The van der Waals surface area contributed by atoms with Crippen LogP contribution in [0.1, 0.15) is 43.2 Å². The Morgan fingerprint density at radius 1 is 0.808 bits per heavy atom. The van der Waals surface area contributed by atoms with Gasteiger partial charge in [-0.2, -0.15) is 0 Å². The van der Waals surface area contributed by atoms with Crippen LogP contribution in [0.25, 0.3) is 10.9 Å². The molecule has 1 unspecified atom stereocenters. The first-order valence-electron chi connectivity index (χ1n) is 10.3. The normalized spacial score (nSPS) is 20.6. The van der Waals surface area contributed by atoms with Crippen LogP contribution in [0.5, 0.6) is 0 Å². The van der Waals surface area contributed by atoms with E-state index in [1.54, 1.807) is 11.1 Å². The summed E-state index contributed by atoms with van der Waals surface area (Å²) in [4.78, 5) is 0. The van der Waals surface area contributed by atoms with Crippen LogP contribution in [-0.4, -0.2) is 17.3 Å². The van der Waals surface area contributed by atoms with Crippen molar-refractivity contribution in [2.24, 2.45) is 5.92 Å². The summed E-state index contributed by atoms with van der Waals surface area (Å²) >= 11 is 0. The molecule has 0 spiro atoms. The van der Waals surface area contributed by atoms with E-state index in [2.05, 4.69) is 70.5 Å². The molecule has 2 heterocycles. The van der Waals surface area contributed by atoms with E-state index in [-0.39, 0.29) is 0 Å². The molecule has 1 atom stereocenters. The third-order valence-electron chi connectivity index (χ3n) is 6.50. The van der Waals surface area contributed by atoms with Crippen LogP contribution in [0.2, 0.25) is 0 Å². The SMILES string of the molecule is c1ccc2c(c1)CC(CCC1CCCCN1n1ccc3ccccc31)C2. The molecule has 0 N–H and O–H groups in total. The van der Waals surface area contributed by atoms with Gasteiger partial charge in [0.2, 0.25) is 0 Å². The summed E-state index contributed by atoms with van der Waals surface area (Å²) in [5, 5.41) is 4.00. The molecule has 1 aromatic heterocycles. The fourth-order valence-corrected chi connectivity index (χ4v) is 5.14. The van der Waals surface area contributed by atoms with Crippen molar-refractivity contribution in [2.45, 2.75) is 51.0 Å². The van der Waals surface area contributed by atoms with Gasteiger partial charge in [0, 0.05) is 24.2 Å². The molecule has 2 aliphatic rings. The molecular weight excluding hydrogens is 316 g/mol. The summed E-state index contributed by atoms with van der Waals surface area (Å²) in [6, 6.07) is 20.8. The van der Waals surface area contributed by atoms with Crippen molar-refractivity contribution in [3.63, 3.8) is 0 Å². The molecule has 1 aliphatic heterocycles. The summed E-state index contributed by atoms with van der Waals surface area (Å²) in [6.45, 7) is 1.19. The summed E-state index contributed by atoms with van der Waals surface area (Å²) in [7, 11) is 0. The third-order valence-corrected chi connectivity index (χ3v) is 6.50. The van der Waals surface area contributed by atoms with E-state index in [4.69, 9.17) is 0 Å². The lowest BCUT2D eigenvalue weighted by Crippen LogP contribution is -2.46. The Bertz CT molecular complexity index is 869. The number of hydrogen-bond donors (Lipinski definition) is 0. The van der Waals surface area contributed by atoms with Crippen molar-refractivity contribution in [3.8, 4) is 0 Å². The Balaban J connectivity index is 1.30. The van der Waals surface area contributed by atoms with Crippen LogP contribution >= 0.6 is 0 Å². The number of aromatic nitrogens is 1. The minimum atomic E-state index is 0.684. The highest BCUT2D eigenvalue weighted by Gasteiger charge is 2.26. The Kier molecular flexibility index (Phi) is 4.20. The largest absolute Gasteiger partial charge is 0.310 e. The van der Waals surface area contributed by atoms with Crippen molar-refractivity contribution in [1.82, 2.24) is 4.68 Å². The Labute approximate surface area is 156 Å². The van der Waals surface area contributed by atoms with Crippen molar-refractivity contribution < 1.29 is 0 Å². The summed E-state index contributed by atoms with van der Waals surface area (Å²) in [5.74, 6) is 0.845. The summed E-state index contributed by atoms with van der Waals surface area (Å²) in [5.41, 5.74) is 4.54. The predicted octanol–water partition coefficient (Wildman–Crippen LogP) is 5.33. The number of rotatable bonds is 4. The maximum atomic E-state index is 2.65. The summed E-state index contributed by atoms with van der Waals surface area (Å²) < 4.78 is 2.43. The minimum absolute atomic E-state index is 0.684. The smallest absolute Gasteiger partial charge is 0.0694 e. The lowest BCUT2D eigenvalue weighted by atomic mass is 9.93. The average Bonchev–Trinajstić information content (AvgIpc) is 3.30. The van der Waals surface area contributed by atoms with Gasteiger partial charge in [-0.1, -0.05) is 42.5 Å². The van der Waals surface area contributed by atoms with Crippen molar-refractivity contribution in [1.29, 1.82) is 0 Å². The van der Waals surface area contributed by atoms with Gasteiger partial charge in [-0.05, 0) is 74.1 Å². The molecule has 0 radical (unpaired) electrons. The number of piperidine rings is 1. The Hall–Kier alpha value is -2.22. The highest BCUT2D eigenvalue weighted by atomic mass is 15.6. The zero-order valence-corrected chi connectivity index (χ0v) is 15.5. The van der Waals surface area contributed by atoms with Gasteiger partial charge < -0.3 is 5.01 Å². The molecule has 26 heavy (non-hydrogen) atoms. The lowest BCUT2D eigenvalue weighted by molar-refractivity contribution is 0.341. The van der Waals surface area contributed by atoms with E-state index < -0.39 is 0 Å². The molecule has 2 aromatic carbocycles. The van der Waals surface area contributed by atoms with Crippen LogP contribution in [0.4, 0.5) is 0 Å². The number of hydrogen-bond acceptors (Lipinski definition) is 1. The summed E-state index contributed by atoms with van der Waals surface area (Å²) in [6.07, 6.45) is 11.6. The quantitative estimate of drug-likeness (QED) is 0.621. The van der Waals surface area contributed by atoms with Gasteiger partial charge in [0.15, 0.2) is 0 Å². The molecule has 2 nitrogen and oxygen atoms in total. The zero-order valence-electron chi connectivity index (χ0n) is 15.5. The Morgan fingerprint density at radius 2 is 1.58 bits per heavy atom. The second kappa shape index (κ2) is 6.83. The second-order valence-corrected chi connectivity index (χ2v) is 8.15. The van der Waals surface area contributed by atoms with E-state index in [0.29, 0.717) is 6.04 Å².